The summed E-state index contributed by atoms with van der Waals surface area (Å²) in [5.74, 6) is 0.339. The first kappa shape index (κ1) is 16.0. The van der Waals surface area contributed by atoms with E-state index < -0.39 is 0 Å². The second kappa shape index (κ2) is 7.59. The molecule has 0 N–H and O–H groups in total. The van der Waals surface area contributed by atoms with E-state index >= 15 is 0 Å². The molecule has 0 spiro atoms. The number of nitrogens with zero attached hydrogens (tertiary/aromatic N) is 3. The van der Waals surface area contributed by atoms with Crippen LogP contribution in [0, 0.1) is 5.92 Å². The molecule has 0 bridgehead atoms. The Kier molecular flexibility index (Phi) is 5.28. The van der Waals surface area contributed by atoms with Gasteiger partial charge in [0.05, 0.1) is 6.33 Å². The lowest BCUT2D eigenvalue weighted by Gasteiger charge is -2.26. The highest BCUT2D eigenvalue weighted by atomic mass is 79.9. The lowest BCUT2D eigenvalue weighted by molar-refractivity contribution is -0.136. The van der Waals surface area contributed by atoms with E-state index in [1.54, 1.807) is 12.5 Å². The highest BCUT2D eigenvalue weighted by Crippen LogP contribution is 2.23. The van der Waals surface area contributed by atoms with Crippen molar-refractivity contribution < 1.29 is 4.79 Å². The zero-order valence-electron chi connectivity index (χ0n) is 12.9. The molecular weight excluding hydrogens is 354 g/mol. The predicted octanol–water partition coefficient (Wildman–Crippen LogP) is 3.64. The summed E-state index contributed by atoms with van der Waals surface area (Å²) in [6.45, 7) is 2.08. The van der Waals surface area contributed by atoms with Gasteiger partial charge in [-0.3, -0.25) is 4.79 Å². The molecule has 1 aliphatic carbocycles. The van der Waals surface area contributed by atoms with Crippen molar-refractivity contribution in [2.24, 2.45) is 5.92 Å². The summed E-state index contributed by atoms with van der Waals surface area (Å²) in [7, 11) is 0. The average Bonchev–Trinajstić information content (AvgIpc) is 3.25. The minimum absolute atomic E-state index is 0.0975. The third-order valence-corrected chi connectivity index (χ3v) is 4.95. The Morgan fingerprint density at radius 1 is 1.30 bits per heavy atom. The predicted molar refractivity (Wildman–Crippen MR) is 93.7 cm³/mol. The van der Waals surface area contributed by atoms with Crippen LogP contribution in [0.3, 0.4) is 0 Å². The molecule has 1 heterocycles. The molecule has 0 saturated heterocycles. The third-order valence-electron chi connectivity index (χ3n) is 4.18. The van der Waals surface area contributed by atoms with E-state index in [9.17, 15) is 4.79 Å². The monoisotopic (exact) mass is 373 g/mol. The number of rotatable bonds is 6. The molecule has 0 unspecified atom stereocenters. The molecule has 0 atom stereocenters. The van der Waals surface area contributed by atoms with Crippen molar-refractivity contribution in [3.8, 4) is 0 Å². The standard InChI is InChI=1S/C18H20BrN3O/c19-17-8-4-3-7-16(17)13-22(12-11-21-10-9-20-14-21)18(23)15-5-1-2-6-15/h1-4,7-10,14-15H,5-6,11-13H2. The molecule has 0 radical (unpaired) electrons. The Bertz CT molecular complexity index is 673. The second-order valence-electron chi connectivity index (χ2n) is 5.79. The fourth-order valence-electron chi connectivity index (χ4n) is 2.83. The molecule has 1 aliphatic rings. The molecule has 0 aliphatic heterocycles. The van der Waals surface area contributed by atoms with Gasteiger partial charge in [-0.1, -0.05) is 46.3 Å². The Hall–Kier alpha value is -1.88. The van der Waals surface area contributed by atoms with Crippen molar-refractivity contribution in [1.29, 1.82) is 0 Å². The highest BCUT2D eigenvalue weighted by molar-refractivity contribution is 9.10. The number of carbonyl (C=O) groups is 1. The van der Waals surface area contributed by atoms with E-state index in [4.69, 9.17) is 0 Å². The van der Waals surface area contributed by atoms with Gasteiger partial charge in [0, 0.05) is 42.4 Å². The molecule has 1 amide bonds. The van der Waals surface area contributed by atoms with E-state index in [0.717, 1.165) is 29.4 Å². The van der Waals surface area contributed by atoms with Crippen molar-refractivity contribution in [3.63, 3.8) is 0 Å². The van der Waals surface area contributed by atoms with Crippen LogP contribution < -0.4 is 0 Å². The van der Waals surface area contributed by atoms with Gasteiger partial charge in [-0.25, -0.2) is 4.98 Å². The normalized spacial score (nSPS) is 14.3. The van der Waals surface area contributed by atoms with Gasteiger partial charge in [0.25, 0.3) is 0 Å². The maximum absolute atomic E-state index is 12.9. The van der Waals surface area contributed by atoms with Gasteiger partial charge >= 0.3 is 0 Å². The number of allylic oxidation sites excluding steroid dienone is 2. The van der Waals surface area contributed by atoms with Crippen molar-refractivity contribution >= 4 is 21.8 Å². The maximum atomic E-state index is 12.9. The Labute approximate surface area is 145 Å². The number of hydrogen-bond donors (Lipinski definition) is 0. The Morgan fingerprint density at radius 2 is 2.09 bits per heavy atom. The SMILES string of the molecule is O=C(C1CC=CC1)N(CCn1ccnc1)Cc1ccccc1Br. The molecule has 23 heavy (non-hydrogen) atoms. The Morgan fingerprint density at radius 3 is 2.78 bits per heavy atom. The van der Waals surface area contributed by atoms with Gasteiger partial charge in [0.15, 0.2) is 0 Å². The quantitative estimate of drug-likeness (QED) is 0.724. The number of imidazole rings is 1. The molecular formula is C18H20BrN3O. The minimum atomic E-state index is 0.0975. The van der Waals surface area contributed by atoms with Crippen molar-refractivity contribution in [2.75, 3.05) is 6.54 Å². The van der Waals surface area contributed by atoms with E-state index in [0.29, 0.717) is 13.1 Å². The number of benzene rings is 1. The number of carbonyl (C=O) groups excluding carboxylic acids is 1. The van der Waals surface area contributed by atoms with Gasteiger partial charge in [0.2, 0.25) is 5.91 Å². The van der Waals surface area contributed by atoms with E-state index in [-0.39, 0.29) is 11.8 Å². The second-order valence-corrected chi connectivity index (χ2v) is 6.65. The molecule has 120 valence electrons. The van der Waals surface area contributed by atoms with Crippen LogP contribution >= 0.6 is 15.9 Å². The highest BCUT2D eigenvalue weighted by Gasteiger charge is 2.25. The van der Waals surface area contributed by atoms with Gasteiger partial charge < -0.3 is 9.47 Å². The fourth-order valence-corrected chi connectivity index (χ4v) is 3.24. The van der Waals surface area contributed by atoms with Crippen LogP contribution in [0.25, 0.3) is 0 Å². The number of amides is 1. The largest absolute Gasteiger partial charge is 0.336 e. The summed E-state index contributed by atoms with van der Waals surface area (Å²) in [6, 6.07) is 8.08. The summed E-state index contributed by atoms with van der Waals surface area (Å²) < 4.78 is 3.05. The molecule has 5 heteroatoms. The molecule has 4 nitrogen and oxygen atoms in total. The summed E-state index contributed by atoms with van der Waals surface area (Å²) in [6.07, 6.45) is 11.4. The molecule has 2 aromatic rings. The molecule has 0 saturated carbocycles. The third kappa shape index (κ3) is 4.10. The average molecular weight is 374 g/mol. The molecule has 1 aromatic carbocycles. The van der Waals surface area contributed by atoms with Crippen LogP contribution in [0.15, 0.2) is 59.6 Å². The lowest BCUT2D eigenvalue weighted by Crippen LogP contribution is -2.37. The first-order valence-corrected chi connectivity index (χ1v) is 8.66. The van der Waals surface area contributed by atoms with Crippen LogP contribution in [-0.4, -0.2) is 26.9 Å². The van der Waals surface area contributed by atoms with E-state index in [1.807, 2.05) is 33.9 Å². The summed E-state index contributed by atoms with van der Waals surface area (Å²) in [5.41, 5.74) is 1.14. The molecule has 3 rings (SSSR count). The lowest BCUT2D eigenvalue weighted by atomic mass is 10.1. The topological polar surface area (TPSA) is 38.1 Å². The van der Waals surface area contributed by atoms with Crippen LogP contribution in [-0.2, 0) is 17.9 Å². The first-order chi connectivity index (χ1) is 11.2. The van der Waals surface area contributed by atoms with Crippen molar-refractivity contribution in [3.05, 3.63) is 65.2 Å². The van der Waals surface area contributed by atoms with E-state index in [2.05, 4.69) is 39.1 Å². The van der Waals surface area contributed by atoms with E-state index in [1.165, 1.54) is 0 Å². The molecule has 1 aromatic heterocycles. The minimum Gasteiger partial charge on any atom is -0.336 e. The Balaban J connectivity index is 1.72. The molecule has 0 fully saturated rings. The maximum Gasteiger partial charge on any atom is 0.226 e. The zero-order valence-corrected chi connectivity index (χ0v) is 14.5. The van der Waals surface area contributed by atoms with Crippen LogP contribution in [0.5, 0.6) is 0 Å². The van der Waals surface area contributed by atoms with Crippen molar-refractivity contribution in [1.82, 2.24) is 14.5 Å². The van der Waals surface area contributed by atoms with Crippen molar-refractivity contribution in [2.45, 2.75) is 25.9 Å². The van der Waals surface area contributed by atoms with Gasteiger partial charge in [-0.15, -0.1) is 0 Å². The van der Waals surface area contributed by atoms with Crippen LogP contribution in [0.2, 0.25) is 0 Å². The van der Waals surface area contributed by atoms with Gasteiger partial charge in [0.1, 0.15) is 0 Å². The zero-order chi connectivity index (χ0) is 16.1. The van der Waals surface area contributed by atoms with Crippen LogP contribution in [0.4, 0.5) is 0 Å². The number of halogens is 1. The fraction of sp³-hybridized carbons (Fsp3) is 0.333. The number of hydrogen-bond acceptors (Lipinski definition) is 2. The first-order valence-electron chi connectivity index (χ1n) is 7.87. The van der Waals surface area contributed by atoms with Gasteiger partial charge in [-0.2, -0.15) is 0 Å². The van der Waals surface area contributed by atoms with Gasteiger partial charge in [-0.05, 0) is 24.5 Å². The van der Waals surface area contributed by atoms with Crippen LogP contribution in [0.1, 0.15) is 18.4 Å². The summed E-state index contributed by atoms with van der Waals surface area (Å²) in [4.78, 5) is 18.9. The summed E-state index contributed by atoms with van der Waals surface area (Å²) >= 11 is 3.58. The smallest absolute Gasteiger partial charge is 0.226 e. The number of aromatic nitrogens is 2. The summed E-state index contributed by atoms with van der Waals surface area (Å²) in [5, 5.41) is 0.